The van der Waals surface area contributed by atoms with E-state index in [2.05, 4.69) is 57.6 Å². The Morgan fingerprint density at radius 1 is 1.19 bits per heavy atom. The Balaban J connectivity index is 1.95. The Bertz CT molecular complexity index is 946. The minimum atomic E-state index is 0.945. The molecule has 0 bridgehead atoms. The van der Waals surface area contributed by atoms with Crippen molar-refractivity contribution < 1.29 is 0 Å². The van der Waals surface area contributed by atoms with Crippen LogP contribution >= 0.6 is 0 Å². The Labute approximate surface area is 122 Å². The third kappa shape index (κ3) is 1.83. The highest BCUT2D eigenvalue weighted by Gasteiger charge is 2.09. The van der Waals surface area contributed by atoms with Gasteiger partial charge in [0.25, 0.3) is 0 Å². The lowest BCUT2D eigenvalue weighted by molar-refractivity contribution is 1.15. The fourth-order valence-electron chi connectivity index (χ4n) is 2.79. The van der Waals surface area contributed by atoms with E-state index in [4.69, 9.17) is 0 Å². The molecule has 0 saturated heterocycles. The van der Waals surface area contributed by atoms with E-state index in [-0.39, 0.29) is 0 Å². The van der Waals surface area contributed by atoms with E-state index in [1.54, 1.807) is 0 Å². The van der Waals surface area contributed by atoms with Crippen LogP contribution in [0.4, 0.5) is 0 Å². The maximum Gasteiger partial charge on any atom is 0.137 e. The van der Waals surface area contributed by atoms with Crippen LogP contribution in [0.15, 0.2) is 43.0 Å². The summed E-state index contributed by atoms with van der Waals surface area (Å²) >= 11 is 0. The second-order valence-electron chi connectivity index (χ2n) is 5.36. The lowest BCUT2D eigenvalue weighted by atomic mass is 10.1. The van der Waals surface area contributed by atoms with Gasteiger partial charge in [-0.2, -0.15) is 0 Å². The maximum absolute atomic E-state index is 4.53. The van der Waals surface area contributed by atoms with Crippen molar-refractivity contribution in [2.45, 2.75) is 20.3 Å². The van der Waals surface area contributed by atoms with Crippen molar-refractivity contribution in [3.63, 3.8) is 0 Å². The smallest absolute Gasteiger partial charge is 0.137 e. The lowest BCUT2D eigenvalue weighted by Crippen LogP contribution is -1.90. The van der Waals surface area contributed by atoms with Gasteiger partial charge >= 0.3 is 0 Å². The quantitative estimate of drug-likeness (QED) is 0.606. The summed E-state index contributed by atoms with van der Waals surface area (Å²) in [6.07, 6.45) is 8.92. The number of aryl methyl sites for hydroxylation is 2. The molecule has 0 radical (unpaired) electrons. The van der Waals surface area contributed by atoms with Crippen LogP contribution in [0.2, 0.25) is 0 Å². The molecule has 0 aliphatic heterocycles. The molecule has 0 fully saturated rings. The van der Waals surface area contributed by atoms with E-state index in [0.29, 0.717) is 0 Å². The highest BCUT2D eigenvalue weighted by atomic mass is 15.0. The zero-order valence-electron chi connectivity index (χ0n) is 12.1. The molecule has 0 saturated carbocycles. The summed E-state index contributed by atoms with van der Waals surface area (Å²) in [6, 6.07) is 6.38. The van der Waals surface area contributed by atoms with E-state index >= 15 is 0 Å². The SMILES string of the molecule is CCc1c[nH]c2ncc(-c3cnc4cc(C)ccn34)cc12. The number of H-pyrrole nitrogens is 1. The van der Waals surface area contributed by atoms with Crippen molar-refractivity contribution in [3.8, 4) is 11.3 Å². The van der Waals surface area contributed by atoms with E-state index < -0.39 is 0 Å². The molecule has 4 aromatic rings. The van der Waals surface area contributed by atoms with E-state index in [9.17, 15) is 0 Å². The van der Waals surface area contributed by atoms with Crippen molar-refractivity contribution >= 4 is 16.7 Å². The molecule has 1 N–H and O–H groups in total. The lowest BCUT2D eigenvalue weighted by Gasteiger charge is -2.03. The zero-order chi connectivity index (χ0) is 14.4. The van der Waals surface area contributed by atoms with Crippen LogP contribution in [0, 0.1) is 6.92 Å². The van der Waals surface area contributed by atoms with Crippen LogP contribution in [0.5, 0.6) is 0 Å². The Hall–Kier alpha value is -2.62. The number of pyridine rings is 2. The van der Waals surface area contributed by atoms with E-state index in [0.717, 1.165) is 29.0 Å². The number of hydrogen-bond donors (Lipinski definition) is 1. The Morgan fingerprint density at radius 2 is 2.10 bits per heavy atom. The largest absolute Gasteiger partial charge is 0.346 e. The molecule has 4 heterocycles. The van der Waals surface area contributed by atoms with Gasteiger partial charge in [0.15, 0.2) is 0 Å². The zero-order valence-corrected chi connectivity index (χ0v) is 12.1. The van der Waals surface area contributed by atoms with Crippen LogP contribution in [-0.4, -0.2) is 19.4 Å². The van der Waals surface area contributed by atoms with Crippen molar-refractivity contribution in [3.05, 3.63) is 54.1 Å². The third-order valence-electron chi connectivity index (χ3n) is 3.96. The summed E-state index contributed by atoms with van der Waals surface area (Å²) < 4.78 is 2.11. The molecule has 0 aliphatic rings. The highest BCUT2D eigenvalue weighted by molar-refractivity contribution is 5.84. The van der Waals surface area contributed by atoms with E-state index in [1.165, 1.54) is 16.5 Å². The molecule has 0 aromatic carbocycles. The van der Waals surface area contributed by atoms with Crippen molar-refractivity contribution in [2.75, 3.05) is 0 Å². The van der Waals surface area contributed by atoms with Crippen LogP contribution < -0.4 is 0 Å². The Morgan fingerprint density at radius 3 is 2.95 bits per heavy atom. The molecule has 4 aromatic heterocycles. The number of fused-ring (bicyclic) bond motifs is 2. The number of aromatic amines is 1. The second-order valence-corrected chi connectivity index (χ2v) is 5.36. The number of nitrogens with one attached hydrogen (secondary N) is 1. The van der Waals surface area contributed by atoms with Gasteiger partial charge in [-0.1, -0.05) is 6.92 Å². The van der Waals surface area contributed by atoms with Gasteiger partial charge in [0.1, 0.15) is 11.3 Å². The van der Waals surface area contributed by atoms with Gasteiger partial charge in [-0.05, 0) is 42.7 Å². The van der Waals surface area contributed by atoms with Gasteiger partial charge in [0.05, 0.1) is 11.9 Å². The molecule has 0 amide bonds. The molecular weight excluding hydrogens is 260 g/mol. The van der Waals surface area contributed by atoms with Gasteiger partial charge in [-0.3, -0.25) is 4.40 Å². The first-order chi connectivity index (χ1) is 10.3. The maximum atomic E-state index is 4.53. The molecule has 4 heteroatoms. The first-order valence-electron chi connectivity index (χ1n) is 7.16. The fraction of sp³-hybridized carbons (Fsp3) is 0.176. The summed E-state index contributed by atoms with van der Waals surface area (Å²) in [7, 11) is 0. The first kappa shape index (κ1) is 12.1. The summed E-state index contributed by atoms with van der Waals surface area (Å²) in [4.78, 5) is 12.2. The molecule has 104 valence electrons. The molecule has 21 heavy (non-hydrogen) atoms. The average Bonchev–Trinajstić information content (AvgIpc) is 3.09. The van der Waals surface area contributed by atoms with Gasteiger partial charge in [0, 0.05) is 29.5 Å². The normalized spacial score (nSPS) is 11.5. The van der Waals surface area contributed by atoms with Crippen LogP contribution in [-0.2, 0) is 6.42 Å². The minimum absolute atomic E-state index is 0.945. The summed E-state index contributed by atoms with van der Waals surface area (Å²) in [5.74, 6) is 0. The summed E-state index contributed by atoms with van der Waals surface area (Å²) in [5.41, 5.74) is 6.59. The summed E-state index contributed by atoms with van der Waals surface area (Å²) in [5, 5.41) is 1.19. The number of hydrogen-bond acceptors (Lipinski definition) is 2. The van der Waals surface area contributed by atoms with Crippen molar-refractivity contribution in [1.82, 2.24) is 19.4 Å². The van der Waals surface area contributed by atoms with Crippen LogP contribution in [0.25, 0.3) is 27.9 Å². The molecule has 0 spiro atoms. The van der Waals surface area contributed by atoms with Gasteiger partial charge in [-0.25, -0.2) is 9.97 Å². The molecule has 4 rings (SSSR count). The van der Waals surface area contributed by atoms with Crippen molar-refractivity contribution in [2.24, 2.45) is 0 Å². The van der Waals surface area contributed by atoms with E-state index in [1.807, 2.05) is 18.6 Å². The van der Waals surface area contributed by atoms with Gasteiger partial charge < -0.3 is 4.98 Å². The topological polar surface area (TPSA) is 46.0 Å². The molecule has 0 atom stereocenters. The summed E-state index contributed by atoms with van der Waals surface area (Å²) in [6.45, 7) is 4.24. The van der Waals surface area contributed by atoms with Crippen molar-refractivity contribution in [1.29, 1.82) is 0 Å². The van der Waals surface area contributed by atoms with Gasteiger partial charge in [-0.15, -0.1) is 0 Å². The number of nitrogens with zero attached hydrogens (tertiary/aromatic N) is 3. The third-order valence-corrected chi connectivity index (χ3v) is 3.96. The molecule has 0 unspecified atom stereocenters. The number of rotatable bonds is 2. The standard InChI is InChI=1S/C17H16N4/c1-3-12-8-19-17-14(12)7-13(9-20-17)15-10-18-16-6-11(2)4-5-21(15)16/h4-10H,3H2,1-2H3,(H,19,20). The minimum Gasteiger partial charge on any atom is -0.346 e. The number of aromatic nitrogens is 4. The predicted molar refractivity (Wildman–Crippen MR) is 84.4 cm³/mol. The highest BCUT2D eigenvalue weighted by Crippen LogP contribution is 2.25. The first-order valence-corrected chi connectivity index (χ1v) is 7.16. The monoisotopic (exact) mass is 276 g/mol. The Kier molecular flexibility index (Phi) is 2.57. The number of imidazole rings is 1. The molecule has 0 aliphatic carbocycles. The van der Waals surface area contributed by atoms with Crippen LogP contribution in [0.3, 0.4) is 0 Å². The second kappa shape index (κ2) is 4.45. The van der Waals surface area contributed by atoms with Crippen LogP contribution in [0.1, 0.15) is 18.1 Å². The predicted octanol–water partition coefficient (Wildman–Crippen LogP) is 3.75. The average molecular weight is 276 g/mol. The fourth-order valence-corrected chi connectivity index (χ4v) is 2.79. The van der Waals surface area contributed by atoms with Gasteiger partial charge in [0.2, 0.25) is 0 Å². The molecule has 4 nitrogen and oxygen atoms in total. The molecular formula is C17H16N4.